The summed E-state index contributed by atoms with van der Waals surface area (Å²) in [5, 5.41) is 1.86. The first-order valence-corrected chi connectivity index (χ1v) is 7.42. The van der Waals surface area contributed by atoms with Crippen molar-refractivity contribution in [1.29, 1.82) is 0 Å². The third kappa shape index (κ3) is 2.73. The van der Waals surface area contributed by atoms with Gasteiger partial charge < -0.3 is 10.3 Å². The normalized spacial score (nSPS) is 11.0. The van der Waals surface area contributed by atoms with Crippen LogP contribution in [0.5, 0.6) is 0 Å². The highest BCUT2D eigenvalue weighted by Crippen LogP contribution is 2.13. The SMILES string of the molecule is Nc1ccc(=O)n(CCCn2cnc3ccsc3c2=O)c1. The quantitative estimate of drug-likeness (QED) is 0.787. The lowest BCUT2D eigenvalue weighted by molar-refractivity contribution is 0.542. The van der Waals surface area contributed by atoms with E-state index in [1.807, 2.05) is 11.4 Å². The molecule has 0 bridgehead atoms. The van der Waals surface area contributed by atoms with Crippen molar-refractivity contribution >= 4 is 27.2 Å². The van der Waals surface area contributed by atoms with Crippen LogP contribution in [-0.2, 0) is 13.1 Å². The smallest absolute Gasteiger partial charge is 0.271 e. The number of nitrogens with zero attached hydrogens (tertiary/aromatic N) is 3. The summed E-state index contributed by atoms with van der Waals surface area (Å²) in [5.41, 5.74) is 6.81. The molecular weight excluding hydrogens is 288 g/mol. The highest BCUT2D eigenvalue weighted by atomic mass is 32.1. The van der Waals surface area contributed by atoms with Crippen LogP contribution in [0, 0.1) is 0 Å². The summed E-state index contributed by atoms with van der Waals surface area (Å²) in [4.78, 5) is 28.1. The third-order valence-electron chi connectivity index (χ3n) is 3.24. The molecule has 0 saturated carbocycles. The van der Waals surface area contributed by atoms with Gasteiger partial charge >= 0.3 is 0 Å². The molecule has 7 heteroatoms. The van der Waals surface area contributed by atoms with Crippen molar-refractivity contribution in [3.8, 4) is 0 Å². The Hall–Kier alpha value is -2.41. The fraction of sp³-hybridized carbons (Fsp3) is 0.214. The Kier molecular flexibility index (Phi) is 3.57. The molecule has 2 N–H and O–H groups in total. The van der Waals surface area contributed by atoms with Crippen LogP contribution in [0.3, 0.4) is 0 Å². The molecule has 0 radical (unpaired) electrons. The largest absolute Gasteiger partial charge is 0.398 e. The van der Waals surface area contributed by atoms with Gasteiger partial charge in [0.2, 0.25) is 0 Å². The average molecular weight is 302 g/mol. The summed E-state index contributed by atoms with van der Waals surface area (Å²) in [6.07, 6.45) is 3.83. The maximum absolute atomic E-state index is 12.2. The minimum absolute atomic E-state index is 0.0325. The monoisotopic (exact) mass is 302 g/mol. The summed E-state index contributed by atoms with van der Waals surface area (Å²) < 4.78 is 3.80. The second kappa shape index (κ2) is 5.53. The van der Waals surface area contributed by atoms with Gasteiger partial charge in [-0.2, -0.15) is 0 Å². The fourth-order valence-electron chi connectivity index (χ4n) is 2.17. The molecule has 0 fully saturated rings. The lowest BCUT2D eigenvalue weighted by Gasteiger charge is -2.08. The number of anilines is 1. The van der Waals surface area contributed by atoms with Crippen LogP contribution in [0.25, 0.3) is 10.2 Å². The van der Waals surface area contributed by atoms with E-state index in [1.165, 1.54) is 17.4 Å². The van der Waals surface area contributed by atoms with E-state index in [-0.39, 0.29) is 11.1 Å². The third-order valence-corrected chi connectivity index (χ3v) is 4.13. The summed E-state index contributed by atoms with van der Waals surface area (Å²) >= 11 is 1.39. The molecule has 3 aromatic rings. The van der Waals surface area contributed by atoms with E-state index in [0.29, 0.717) is 29.9 Å². The first-order valence-electron chi connectivity index (χ1n) is 6.54. The Morgan fingerprint density at radius 1 is 1.14 bits per heavy atom. The molecule has 0 aromatic carbocycles. The second-order valence-electron chi connectivity index (χ2n) is 4.73. The van der Waals surface area contributed by atoms with Gasteiger partial charge in [-0.15, -0.1) is 11.3 Å². The first-order chi connectivity index (χ1) is 10.1. The number of thiophene rings is 1. The van der Waals surface area contributed by atoms with Crippen LogP contribution in [0.1, 0.15) is 6.42 Å². The molecule has 0 atom stereocenters. The Balaban J connectivity index is 1.75. The maximum Gasteiger partial charge on any atom is 0.271 e. The number of hydrogen-bond donors (Lipinski definition) is 1. The van der Waals surface area contributed by atoms with Crippen LogP contribution in [0.15, 0.2) is 45.7 Å². The van der Waals surface area contributed by atoms with Gasteiger partial charge in [0.1, 0.15) is 4.70 Å². The highest BCUT2D eigenvalue weighted by Gasteiger charge is 2.05. The highest BCUT2D eigenvalue weighted by molar-refractivity contribution is 7.17. The molecule has 0 spiro atoms. The summed E-state index contributed by atoms with van der Waals surface area (Å²) in [6.45, 7) is 1.03. The van der Waals surface area contributed by atoms with Crippen molar-refractivity contribution in [2.75, 3.05) is 5.73 Å². The van der Waals surface area contributed by atoms with Crippen molar-refractivity contribution in [3.63, 3.8) is 0 Å². The van der Waals surface area contributed by atoms with E-state index in [0.717, 1.165) is 5.52 Å². The topological polar surface area (TPSA) is 82.9 Å². The zero-order valence-electron chi connectivity index (χ0n) is 11.2. The number of aromatic nitrogens is 3. The Morgan fingerprint density at radius 3 is 2.81 bits per heavy atom. The molecular formula is C14H14N4O2S. The number of fused-ring (bicyclic) bond motifs is 1. The molecule has 0 saturated heterocycles. The number of nitrogen functional groups attached to an aromatic ring is 1. The van der Waals surface area contributed by atoms with Crippen LogP contribution < -0.4 is 16.9 Å². The first kappa shape index (κ1) is 13.6. The molecule has 3 rings (SSSR count). The van der Waals surface area contributed by atoms with Gasteiger partial charge in [0.05, 0.1) is 11.8 Å². The molecule has 3 heterocycles. The average Bonchev–Trinajstić information content (AvgIpc) is 2.94. The summed E-state index contributed by atoms with van der Waals surface area (Å²) in [5.74, 6) is 0. The fourth-order valence-corrected chi connectivity index (χ4v) is 2.97. The standard InChI is InChI=1S/C14H14N4O2S/c15-10-2-3-12(19)17(8-10)5-1-6-18-9-16-11-4-7-21-13(11)14(18)20/h2-4,7-9H,1,5-6,15H2. The molecule has 0 unspecified atom stereocenters. The number of nitrogens with two attached hydrogens (primary N) is 1. The summed E-state index contributed by atoms with van der Waals surface area (Å²) in [6, 6.07) is 4.86. The van der Waals surface area contributed by atoms with E-state index in [1.54, 1.807) is 27.7 Å². The number of aryl methyl sites for hydroxylation is 2. The molecule has 6 nitrogen and oxygen atoms in total. The van der Waals surface area contributed by atoms with E-state index in [9.17, 15) is 9.59 Å². The van der Waals surface area contributed by atoms with Crippen LogP contribution in [-0.4, -0.2) is 14.1 Å². The molecule has 21 heavy (non-hydrogen) atoms. The van der Waals surface area contributed by atoms with Gasteiger partial charge in [-0.05, 0) is 23.9 Å². The van der Waals surface area contributed by atoms with Crippen LogP contribution in [0.4, 0.5) is 5.69 Å². The lowest BCUT2D eigenvalue weighted by atomic mass is 10.3. The van der Waals surface area contributed by atoms with Crippen molar-refractivity contribution in [1.82, 2.24) is 14.1 Å². The van der Waals surface area contributed by atoms with Crippen LogP contribution in [0.2, 0.25) is 0 Å². The van der Waals surface area contributed by atoms with E-state index < -0.39 is 0 Å². The van der Waals surface area contributed by atoms with E-state index >= 15 is 0 Å². The Labute approximate surface area is 124 Å². The predicted octanol–water partition coefficient (Wildman–Crippen LogP) is 1.29. The number of rotatable bonds is 4. The molecule has 0 aliphatic carbocycles. The molecule has 3 aromatic heterocycles. The van der Waals surface area contributed by atoms with Gasteiger partial charge in [0, 0.05) is 31.0 Å². The molecule has 108 valence electrons. The Morgan fingerprint density at radius 2 is 1.95 bits per heavy atom. The number of hydrogen-bond acceptors (Lipinski definition) is 5. The minimum atomic E-state index is -0.0941. The van der Waals surface area contributed by atoms with Gasteiger partial charge in [-0.1, -0.05) is 0 Å². The van der Waals surface area contributed by atoms with Gasteiger partial charge in [-0.25, -0.2) is 4.98 Å². The molecule has 0 aliphatic rings. The second-order valence-corrected chi connectivity index (χ2v) is 5.64. The van der Waals surface area contributed by atoms with Crippen molar-refractivity contribution < 1.29 is 0 Å². The molecule has 0 amide bonds. The molecule has 0 aliphatic heterocycles. The minimum Gasteiger partial charge on any atom is -0.398 e. The van der Waals surface area contributed by atoms with Crippen molar-refractivity contribution in [2.24, 2.45) is 0 Å². The zero-order chi connectivity index (χ0) is 14.8. The van der Waals surface area contributed by atoms with E-state index in [2.05, 4.69) is 4.98 Å². The number of pyridine rings is 1. The van der Waals surface area contributed by atoms with Crippen molar-refractivity contribution in [2.45, 2.75) is 19.5 Å². The predicted molar refractivity (Wildman–Crippen MR) is 83.6 cm³/mol. The van der Waals surface area contributed by atoms with Crippen LogP contribution >= 0.6 is 11.3 Å². The maximum atomic E-state index is 12.2. The Bertz CT molecular complexity index is 894. The van der Waals surface area contributed by atoms with Gasteiger partial charge in [0.25, 0.3) is 11.1 Å². The summed E-state index contributed by atoms with van der Waals surface area (Å²) in [7, 11) is 0. The lowest BCUT2D eigenvalue weighted by Crippen LogP contribution is -2.23. The zero-order valence-corrected chi connectivity index (χ0v) is 12.0. The van der Waals surface area contributed by atoms with Gasteiger partial charge in [0.15, 0.2) is 0 Å². The van der Waals surface area contributed by atoms with Crippen molar-refractivity contribution in [3.05, 3.63) is 56.8 Å². The van der Waals surface area contributed by atoms with Gasteiger partial charge in [-0.3, -0.25) is 14.2 Å². The van der Waals surface area contributed by atoms with E-state index in [4.69, 9.17) is 5.73 Å².